The van der Waals surface area contributed by atoms with Crippen LogP contribution in [0.25, 0.3) is 0 Å². The third kappa shape index (κ3) is 4.25. The molecule has 4 rings (SSSR count). The van der Waals surface area contributed by atoms with Crippen molar-refractivity contribution in [3.63, 3.8) is 0 Å². The van der Waals surface area contributed by atoms with Crippen molar-refractivity contribution in [1.29, 1.82) is 0 Å². The second-order valence-corrected chi connectivity index (χ2v) is 8.50. The van der Waals surface area contributed by atoms with Crippen LogP contribution in [0.4, 0.5) is 0 Å². The number of hydrogen-bond acceptors (Lipinski definition) is 5. The van der Waals surface area contributed by atoms with E-state index in [-0.39, 0.29) is 37.3 Å². The van der Waals surface area contributed by atoms with E-state index >= 15 is 0 Å². The first-order chi connectivity index (χ1) is 14.5. The van der Waals surface area contributed by atoms with Crippen LogP contribution in [0.2, 0.25) is 0 Å². The van der Waals surface area contributed by atoms with Gasteiger partial charge < -0.3 is 9.64 Å². The molecule has 160 valence electrons. The van der Waals surface area contributed by atoms with Crippen molar-refractivity contribution in [3.05, 3.63) is 35.4 Å². The molecule has 7 nitrogen and oxygen atoms in total. The molecule has 0 N–H and O–H groups in total. The van der Waals surface area contributed by atoms with Gasteiger partial charge in [-0.25, -0.2) is 0 Å². The molecule has 3 amide bonds. The molecule has 1 aromatic rings. The van der Waals surface area contributed by atoms with E-state index in [2.05, 4.69) is 0 Å². The van der Waals surface area contributed by atoms with Gasteiger partial charge in [0, 0.05) is 26.1 Å². The standard InChI is InChI=1S/C23H28N2O5/c26-20(24-13-11-16-6-1-2-7-17(16)14-24)15-30-21(27)10-5-12-25-22(28)18-8-3-4-9-19(18)23(25)29/h3-4,8-9,16-17H,1-2,5-7,10-15H2/t16-,17-/m0/s1. The lowest BCUT2D eigenvalue weighted by Gasteiger charge is -2.41. The summed E-state index contributed by atoms with van der Waals surface area (Å²) in [6.07, 6.45) is 6.42. The Labute approximate surface area is 176 Å². The fourth-order valence-corrected chi connectivity index (χ4v) is 4.96. The number of nitrogens with zero attached hydrogens (tertiary/aromatic N) is 2. The van der Waals surface area contributed by atoms with E-state index in [0.29, 0.717) is 23.5 Å². The van der Waals surface area contributed by atoms with E-state index in [1.54, 1.807) is 24.3 Å². The molecule has 2 aliphatic heterocycles. The SMILES string of the molecule is O=C(CCCN1C(=O)c2ccccc2C1=O)OCC(=O)N1CC[C@@H]2CCCC[C@H]2C1. The average Bonchev–Trinajstić information content (AvgIpc) is 3.02. The summed E-state index contributed by atoms with van der Waals surface area (Å²) in [6.45, 7) is 1.45. The predicted octanol–water partition coefficient (Wildman–Crippen LogP) is 2.64. The van der Waals surface area contributed by atoms with Crippen LogP contribution in [0.5, 0.6) is 0 Å². The first-order valence-corrected chi connectivity index (χ1v) is 10.9. The van der Waals surface area contributed by atoms with Crippen LogP contribution in [0.3, 0.4) is 0 Å². The number of esters is 1. The second kappa shape index (κ2) is 8.98. The fraction of sp³-hybridized carbons (Fsp3) is 0.565. The minimum atomic E-state index is -0.479. The topological polar surface area (TPSA) is 84.0 Å². The third-order valence-electron chi connectivity index (χ3n) is 6.64. The van der Waals surface area contributed by atoms with Gasteiger partial charge in [-0.2, -0.15) is 0 Å². The minimum Gasteiger partial charge on any atom is -0.456 e. The molecular formula is C23H28N2O5. The highest BCUT2D eigenvalue weighted by Crippen LogP contribution is 2.36. The second-order valence-electron chi connectivity index (χ2n) is 8.50. The Hall–Kier alpha value is -2.70. The highest BCUT2D eigenvalue weighted by atomic mass is 16.5. The summed E-state index contributed by atoms with van der Waals surface area (Å²) in [7, 11) is 0. The van der Waals surface area contributed by atoms with Gasteiger partial charge >= 0.3 is 5.97 Å². The lowest BCUT2D eigenvalue weighted by molar-refractivity contribution is -0.153. The summed E-state index contributed by atoms with van der Waals surface area (Å²) in [5.41, 5.74) is 0.801. The summed E-state index contributed by atoms with van der Waals surface area (Å²) >= 11 is 0. The van der Waals surface area contributed by atoms with Crippen molar-refractivity contribution in [1.82, 2.24) is 9.80 Å². The van der Waals surface area contributed by atoms with Gasteiger partial charge in [0.1, 0.15) is 0 Å². The van der Waals surface area contributed by atoms with Gasteiger partial charge in [0.15, 0.2) is 6.61 Å². The molecule has 30 heavy (non-hydrogen) atoms. The first kappa shape index (κ1) is 20.6. The summed E-state index contributed by atoms with van der Waals surface area (Å²) in [5.74, 6) is 0.0649. The van der Waals surface area contributed by atoms with E-state index in [9.17, 15) is 19.2 Å². The van der Waals surface area contributed by atoms with Crippen LogP contribution in [-0.4, -0.2) is 59.7 Å². The van der Waals surface area contributed by atoms with Crippen molar-refractivity contribution in [2.24, 2.45) is 11.8 Å². The number of rotatable bonds is 6. The maximum atomic E-state index is 12.4. The van der Waals surface area contributed by atoms with E-state index in [4.69, 9.17) is 4.74 Å². The van der Waals surface area contributed by atoms with Crippen LogP contribution in [0.1, 0.15) is 65.7 Å². The Morgan fingerprint density at radius 2 is 1.63 bits per heavy atom. The zero-order valence-corrected chi connectivity index (χ0v) is 17.2. The Bertz CT molecular complexity index is 817. The van der Waals surface area contributed by atoms with E-state index in [1.165, 1.54) is 25.7 Å². The molecule has 0 radical (unpaired) electrons. The normalized spacial score (nSPS) is 23.2. The first-order valence-electron chi connectivity index (χ1n) is 10.9. The number of imide groups is 1. The van der Waals surface area contributed by atoms with Crippen molar-refractivity contribution in [2.45, 2.75) is 44.9 Å². The van der Waals surface area contributed by atoms with E-state index in [0.717, 1.165) is 30.3 Å². The largest absolute Gasteiger partial charge is 0.456 e. The highest BCUT2D eigenvalue weighted by Gasteiger charge is 2.35. The van der Waals surface area contributed by atoms with Crippen LogP contribution in [-0.2, 0) is 14.3 Å². The number of carbonyl (C=O) groups excluding carboxylic acids is 4. The van der Waals surface area contributed by atoms with Crippen LogP contribution >= 0.6 is 0 Å². The number of likely N-dealkylation sites (tertiary alicyclic amines) is 1. The fourth-order valence-electron chi connectivity index (χ4n) is 4.96. The lowest BCUT2D eigenvalue weighted by Crippen LogP contribution is -2.46. The Kier molecular flexibility index (Phi) is 6.16. The predicted molar refractivity (Wildman–Crippen MR) is 109 cm³/mol. The maximum absolute atomic E-state index is 12.4. The zero-order chi connectivity index (χ0) is 21.1. The van der Waals surface area contributed by atoms with Gasteiger partial charge in [-0.05, 0) is 43.2 Å². The third-order valence-corrected chi connectivity index (χ3v) is 6.64. The number of hydrogen-bond donors (Lipinski definition) is 0. The van der Waals surface area contributed by atoms with Gasteiger partial charge in [0.25, 0.3) is 17.7 Å². The number of ether oxygens (including phenoxy) is 1. The summed E-state index contributed by atoms with van der Waals surface area (Å²) in [5, 5.41) is 0. The molecule has 1 aromatic carbocycles. The molecule has 3 aliphatic rings. The molecule has 1 saturated carbocycles. The monoisotopic (exact) mass is 412 g/mol. The summed E-state index contributed by atoms with van der Waals surface area (Å²) in [4.78, 5) is 52.1. The molecule has 2 fully saturated rings. The molecule has 0 spiro atoms. The van der Waals surface area contributed by atoms with Crippen molar-refractivity contribution in [3.8, 4) is 0 Å². The van der Waals surface area contributed by atoms with Crippen molar-refractivity contribution in [2.75, 3.05) is 26.2 Å². The number of fused-ring (bicyclic) bond motifs is 2. The molecule has 1 saturated heterocycles. The molecule has 7 heteroatoms. The Balaban J connectivity index is 1.17. The van der Waals surface area contributed by atoms with Gasteiger partial charge in [-0.1, -0.05) is 31.4 Å². The number of amides is 3. The minimum absolute atomic E-state index is 0.0609. The molecule has 2 heterocycles. The molecule has 0 unspecified atom stereocenters. The van der Waals surface area contributed by atoms with Crippen LogP contribution in [0.15, 0.2) is 24.3 Å². The van der Waals surface area contributed by atoms with Gasteiger partial charge in [0.2, 0.25) is 0 Å². The number of benzene rings is 1. The molecule has 1 aliphatic carbocycles. The molecular weight excluding hydrogens is 384 g/mol. The van der Waals surface area contributed by atoms with Gasteiger partial charge in [0.05, 0.1) is 11.1 Å². The van der Waals surface area contributed by atoms with E-state index < -0.39 is 5.97 Å². The molecule has 0 aromatic heterocycles. The summed E-state index contributed by atoms with van der Waals surface area (Å²) < 4.78 is 5.15. The molecule has 0 bridgehead atoms. The summed E-state index contributed by atoms with van der Waals surface area (Å²) in [6, 6.07) is 6.70. The van der Waals surface area contributed by atoms with Gasteiger partial charge in [-0.15, -0.1) is 0 Å². The smallest absolute Gasteiger partial charge is 0.306 e. The lowest BCUT2D eigenvalue weighted by atomic mass is 9.75. The Morgan fingerprint density at radius 1 is 0.967 bits per heavy atom. The number of carbonyl (C=O) groups is 4. The quantitative estimate of drug-likeness (QED) is 0.530. The number of piperidine rings is 1. The zero-order valence-electron chi connectivity index (χ0n) is 17.2. The van der Waals surface area contributed by atoms with Crippen LogP contribution < -0.4 is 0 Å². The Morgan fingerprint density at radius 3 is 2.33 bits per heavy atom. The van der Waals surface area contributed by atoms with Crippen molar-refractivity contribution < 1.29 is 23.9 Å². The average molecular weight is 412 g/mol. The molecule has 2 atom stereocenters. The van der Waals surface area contributed by atoms with E-state index in [1.807, 2.05) is 4.90 Å². The highest BCUT2D eigenvalue weighted by molar-refractivity contribution is 6.21. The van der Waals surface area contributed by atoms with Crippen molar-refractivity contribution >= 4 is 23.7 Å². The maximum Gasteiger partial charge on any atom is 0.306 e. The van der Waals surface area contributed by atoms with Gasteiger partial charge in [-0.3, -0.25) is 24.1 Å². The van der Waals surface area contributed by atoms with Crippen LogP contribution in [0, 0.1) is 11.8 Å².